The molecule has 1 N–H and O–H groups in total. The molecule has 1 fully saturated rings. The minimum absolute atomic E-state index is 0.0705. The fraction of sp³-hybridized carbons (Fsp3) is 0.600. The van der Waals surface area contributed by atoms with Crippen molar-refractivity contribution in [1.29, 1.82) is 0 Å². The van der Waals surface area contributed by atoms with Crippen LogP contribution < -0.4 is 10.1 Å². The number of ether oxygens (including phenoxy) is 1. The van der Waals surface area contributed by atoms with Gasteiger partial charge in [0, 0.05) is 37.0 Å². The van der Waals surface area contributed by atoms with E-state index in [1.807, 2.05) is 37.8 Å². The molecule has 5 heteroatoms. The van der Waals surface area contributed by atoms with Crippen molar-refractivity contribution in [1.82, 2.24) is 10.2 Å². The van der Waals surface area contributed by atoms with E-state index in [-0.39, 0.29) is 17.9 Å². The lowest BCUT2D eigenvalue weighted by Gasteiger charge is -2.32. The molecule has 138 valence electrons. The van der Waals surface area contributed by atoms with E-state index in [4.69, 9.17) is 4.74 Å². The Bertz CT molecular complexity index is 569. The van der Waals surface area contributed by atoms with Crippen LogP contribution in [-0.2, 0) is 4.79 Å². The van der Waals surface area contributed by atoms with Gasteiger partial charge in [0.2, 0.25) is 5.91 Å². The van der Waals surface area contributed by atoms with Gasteiger partial charge in [-0.2, -0.15) is 0 Å². The molecule has 0 radical (unpaired) electrons. The summed E-state index contributed by atoms with van der Waals surface area (Å²) in [6.07, 6.45) is 3.66. The second-order valence-corrected chi connectivity index (χ2v) is 7.06. The Morgan fingerprint density at radius 1 is 1.28 bits per heavy atom. The van der Waals surface area contributed by atoms with Crippen molar-refractivity contribution in [2.24, 2.45) is 5.92 Å². The van der Waals surface area contributed by atoms with Crippen LogP contribution in [0.2, 0.25) is 0 Å². The number of hydrogen-bond donors (Lipinski definition) is 1. The van der Waals surface area contributed by atoms with Crippen LogP contribution in [0.5, 0.6) is 5.75 Å². The van der Waals surface area contributed by atoms with Crippen LogP contribution in [-0.4, -0.2) is 42.5 Å². The molecule has 0 aliphatic carbocycles. The van der Waals surface area contributed by atoms with Crippen LogP contribution in [0.3, 0.4) is 0 Å². The Hall–Kier alpha value is -2.04. The van der Waals surface area contributed by atoms with Crippen LogP contribution in [0.15, 0.2) is 24.3 Å². The zero-order valence-corrected chi connectivity index (χ0v) is 15.6. The maximum atomic E-state index is 12.0. The van der Waals surface area contributed by atoms with Gasteiger partial charge in [-0.1, -0.05) is 6.92 Å². The quantitative estimate of drug-likeness (QED) is 0.824. The number of amides is 2. The van der Waals surface area contributed by atoms with Gasteiger partial charge in [-0.3, -0.25) is 9.59 Å². The van der Waals surface area contributed by atoms with Gasteiger partial charge in [-0.15, -0.1) is 0 Å². The van der Waals surface area contributed by atoms with Crippen molar-refractivity contribution in [2.45, 2.75) is 52.5 Å². The monoisotopic (exact) mass is 346 g/mol. The summed E-state index contributed by atoms with van der Waals surface area (Å²) in [5.74, 6) is 1.32. The molecule has 1 aromatic carbocycles. The highest BCUT2D eigenvalue weighted by atomic mass is 16.5. The SMILES string of the molecule is CCCC(=O)N1CCC[C@@H](COc2ccc(C(=O)NC(C)C)cc2)C1. The fourth-order valence-corrected chi connectivity index (χ4v) is 3.06. The Morgan fingerprint density at radius 2 is 2.00 bits per heavy atom. The highest BCUT2D eigenvalue weighted by Crippen LogP contribution is 2.20. The van der Waals surface area contributed by atoms with Crippen molar-refractivity contribution in [3.05, 3.63) is 29.8 Å². The smallest absolute Gasteiger partial charge is 0.251 e. The highest BCUT2D eigenvalue weighted by molar-refractivity contribution is 5.94. The number of likely N-dealkylation sites (tertiary alicyclic amines) is 1. The van der Waals surface area contributed by atoms with Crippen molar-refractivity contribution in [3.63, 3.8) is 0 Å². The first-order valence-corrected chi connectivity index (χ1v) is 9.31. The standard InChI is InChI=1S/C20H30N2O3/c1-4-6-19(23)22-12-5-7-16(13-22)14-25-18-10-8-17(9-11-18)20(24)21-15(2)3/h8-11,15-16H,4-7,12-14H2,1-3H3,(H,21,24)/t16-/m1/s1. The van der Waals surface area contributed by atoms with Crippen molar-refractivity contribution in [3.8, 4) is 5.75 Å². The first kappa shape index (κ1) is 19.3. The Balaban J connectivity index is 1.82. The Morgan fingerprint density at radius 3 is 2.64 bits per heavy atom. The van der Waals surface area contributed by atoms with E-state index >= 15 is 0 Å². The second-order valence-electron chi connectivity index (χ2n) is 7.06. The number of rotatable bonds is 7. The molecule has 25 heavy (non-hydrogen) atoms. The second kappa shape index (κ2) is 9.44. The number of piperidine rings is 1. The lowest BCUT2D eigenvalue weighted by atomic mass is 9.98. The first-order valence-electron chi connectivity index (χ1n) is 9.31. The summed E-state index contributed by atoms with van der Waals surface area (Å²) in [6.45, 7) is 8.17. The summed E-state index contributed by atoms with van der Waals surface area (Å²) in [4.78, 5) is 26.0. The third-order valence-electron chi connectivity index (χ3n) is 4.36. The molecule has 0 aromatic heterocycles. The summed E-state index contributed by atoms with van der Waals surface area (Å²) in [5, 5.41) is 2.87. The van der Waals surface area contributed by atoms with Gasteiger partial charge < -0.3 is 15.0 Å². The molecule has 1 aliphatic rings. The minimum atomic E-state index is -0.0705. The summed E-state index contributed by atoms with van der Waals surface area (Å²) in [6, 6.07) is 7.35. The van der Waals surface area contributed by atoms with Crippen LogP contribution in [0.25, 0.3) is 0 Å². The largest absolute Gasteiger partial charge is 0.493 e. The van der Waals surface area contributed by atoms with Crippen molar-refractivity contribution in [2.75, 3.05) is 19.7 Å². The van der Waals surface area contributed by atoms with Crippen LogP contribution in [0.4, 0.5) is 0 Å². The molecule has 1 aliphatic heterocycles. The minimum Gasteiger partial charge on any atom is -0.493 e. The molecule has 1 heterocycles. The van der Waals surface area contributed by atoms with Gasteiger partial charge in [-0.25, -0.2) is 0 Å². The van der Waals surface area contributed by atoms with Crippen LogP contribution in [0, 0.1) is 5.92 Å². The average Bonchev–Trinajstić information content (AvgIpc) is 2.60. The lowest BCUT2D eigenvalue weighted by Crippen LogP contribution is -2.41. The molecule has 2 rings (SSSR count). The number of nitrogens with zero attached hydrogens (tertiary/aromatic N) is 1. The molecular weight excluding hydrogens is 316 g/mol. The molecule has 1 saturated heterocycles. The lowest BCUT2D eigenvalue weighted by molar-refractivity contribution is -0.133. The van der Waals surface area contributed by atoms with E-state index in [1.54, 1.807) is 12.1 Å². The van der Waals surface area contributed by atoms with Gasteiger partial charge in [0.1, 0.15) is 5.75 Å². The highest BCUT2D eigenvalue weighted by Gasteiger charge is 2.23. The zero-order valence-electron chi connectivity index (χ0n) is 15.6. The Kier molecular flexibility index (Phi) is 7.29. The maximum absolute atomic E-state index is 12.0. The molecule has 0 saturated carbocycles. The third kappa shape index (κ3) is 6.07. The number of carbonyl (C=O) groups excluding carboxylic acids is 2. The average molecular weight is 346 g/mol. The van der Waals surface area contributed by atoms with E-state index in [2.05, 4.69) is 5.32 Å². The van der Waals surface area contributed by atoms with Crippen LogP contribution >= 0.6 is 0 Å². The van der Waals surface area contributed by atoms with Crippen molar-refractivity contribution >= 4 is 11.8 Å². The molecular formula is C20H30N2O3. The molecule has 5 nitrogen and oxygen atoms in total. The van der Waals surface area contributed by atoms with Gasteiger partial charge in [0.25, 0.3) is 5.91 Å². The van der Waals surface area contributed by atoms with Gasteiger partial charge in [0.05, 0.1) is 6.61 Å². The van der Waals surface area contributed by atoms with Gasteiger partial charge in [-0.05, 0) is 57.4 Å². The molecule has 0 bridgehead atoms. The number of carbonyl (C=O) groups is 2. The maximum Gasteiger partial charge on any atom is 0.251 e. The Labute approximate surface area is 150 Å². The normalized spacial score (nSPS) is 17.4. The zero-order chi connectivity index (χ0) is 18.2. The van der Waals surface area contributed by atoms with E-state index < -0.39 is 0 Å². The third-order valence-corrected chi connectivity index (χ3v) is 4.36. The molecule has 0 spiro atoms. The van der Waals surface area contributed by atoms with E-state index in [0.717, 1.165) is 38.1 Å². The number of benzene rings is 1. The molecule has 0 unspecified atom stereocenters. The number of hydrogen-bond acceptors (Lipinski definition) is 3. The summed E-state index contributed by atoms with van der Waals surface area (Å²) < 4.78 is 5.88. The predicted octanol–water partition coefficient (Wildman–Crippen LogP) is 3.24. The first-order chi connectivity index (χ1) is 12.0. The van der Waals surface area contributed by atoms with Gasteiger partial charge in [0.15, 0.2) is 0 Å². The van der Waals surface area contributed by atoms with Gasteiger partial charge >= 0.3 is 0 Å². The summed E-state index contributed by atoms with van der Waals surface area (Å²) >= 11 is 0. The summed E-state index contributed by atoms with van der Waals surface area (Å²) in [5.41, 5.74) is 0.634. The van der Waals surface area contributed by atoms with E-state index in [9.17, 15) is 9.59 Å². The van der Waals surface area contributed by atoms with Crippen LogP contribution in [0.1, 0.15) is 56.8 Å². The number of nitrogens with one attached hydrogen (secondary N) is 1. The molecule has 1 aromatic rings. The molecule has 2 amide bonds. The van der Waals surface area contributed by atoms with E-state index in [0.29, 0.717) is 24.5 Å². The molecule has 1 atom stereocenters. The van der Waals surface area contributed by atoms with Crippen molar-refractivity contribution < 1.29 is 14.3 Å². The fourth-order valence-electron chi connectivity index (χ4n) is 3.06. The predicted molar refractivity (Wildman–Crippen MR) is 98.8 cm³/mol. The summed E-state index contributed by atoms with van der Waals surface area (Å²) in [7, 11) is 0. The van der Waals surface area contributed by atoms with E-state index in [1.165, 1.54) is 0 Å². The topological polar surface area (TPSA) is 58.6 Å².